The maximum Gasteiger partial charge on any atom is 0.121 e. The molecule has 7 heteroatoms. The Bertz CT molecular complexity index is 441. The largest absolute Gasteiger partial charge is 0.379 e. The van der Waals surface area contributed by atoms with Crippen LogP contribution in [0, 0.1) is 5.92 Å². The second-order valence-electron chi connectivity index (χ2n) is 8.20. The number of rotatable bonds is 0. The minimum absolute atomic E-state index is 0.0397. The zero-order valence-corrected chi connectivity index (χ0v) is 15.5. The number of ether oxygens (including phenoxy) is 3. The summed E-state index contributed by atoms with van der Waals surface area (Å²) in [6.45, 7) is 7.44. The molecule has 1 saturated carbocycles. The topological polar surface area (TPSA) is 75.8 Å². The van der Waals surface area contributed by atoms with E-state index in [-0.39, 0.29) is 18.4 Å². The standard InChI is InChI=1S/C18H34N4O3/c1-11-5-6-23-10-12(2)25-17-9-19-8-16(20-17)18-14-7-13(24-11)3-4-15(14)21-22-18/h11-22H,3-10H2,1-2H3/t11-,12-,13?,14?,15?,16?,17?,18?/m0/s1. The van der Waals surface area contributed by atoms with Gasteiger partial charge in [-0.1, -0.05) is 0 Å². The normalized spacial score (nSPS) is 49.2. The highest BCUT2D eigenvalue weighted by Crippen LogP contribution is 2.34. The molecule has 0 spiro atoms. The summed E-state index contributed by atoms with van der Waals surface area (Å²) in [6, 6.07) is 1.32. The molecule has 4 rings (SSSR count). The van der Waals surface area contributed by atoms with Crippen LogP contribution in [0.5, 0.6) is 0 Å². The molecule has 3 aliphatic heterocycles. The molecule has 4 N–H and O–H groups in total. The Morgan fingerprint density at radius 1 is 0.880 bits per heavy atom. The van der Waals surface area contributed by atoms with E-state index in [1.165, 1.54) is 6.42 Å². The molecule has 3 heterocycles. The second kappa shape index (κ2) is 8.17. The van der Waals surface area contributed by atoms with E-state index in [4.69, 9.17) is 14.2 Å². The Morgan fingerprint density at radius 2 is 1.80 bits per heavy atom. The number of hydrogen-bond acceptors (Lipinski definition) is 7. The van der Waals surface area contributed by atoms with Gasteiger partial charge in [0, 0.05) is 37.8 Å². The third kappa shape index (κ3) is 4.35. The Kier molecular flexibility index (Phi) is 5.91. The lowest BCUT2D eigenvalue weighted by molar-refractivity contribution is -0.0764. The number of hydrazine groups is 1. The SMILES string of the molecule is C[C@H]1CCOC[C@H](C)OC2CNCC(N2)C2NNC3CCC(CC32)O1. The first-order valence-corrected chi connectivity index (χ1v) is 10.1. The molecule has 7 nitrogen and oxygen atoms in total. The highest BCUT2D eigenvalue weighted by Gasteiger charge is 2.45. The van der Waals surface area contributed by atoms with Crippen LogP contribution in [0.4, 0.5) is 0 Å². The number of fused-ring (bicyclic) bond motifs is 4. The average Bonchev–Trinajstić information content (AvgIpc) is 3.01. The van der Waals surface area contributed by atoms with Gasteiger partial charge in [0.05, 0.1) is 24.9 Å². The number of hydrogen-bond donors (Lipinski definition) is 4. The van der Waals surface area contributed by atoms with E-state index in [9.17, 15) is 0 Å². The first kappa shape index (κ1) is 18.1. The Labute approximate surface area is 150 Å². The molecule has 25 heavy (non-hydrogen) atoms. The number of nitrogens with one attached hydrogen (secondary N) is 4. The van der Waals surface area contributed by atoms with Crippen molar-refractivity contribution in [3.63, 3.8) is 0 Å². The van der Waals surface area contributed by atoms with Crippen molar-refractivity contribution < 1.29 is 14.2 Å². The van der Waals surface area contributed by atoms with Crippen molar-refractivity contribution in [2.75, 3.05) is 26.3 Å². The minimum Gasteiger partial charge on any atom is -0.379 e. The van der Waals surface area contributed by atoms with Crippen LogP contribution in [0.15, 0.2) is 0 Å². The zero-order valence-electron chi connectivity index (χ0n) is 15.5. The third-order valence-electron chi connectivity index (χ3n) is 6.12. The van der Waals surface area contributed by atoms with Crippen LogP contribution in [0.1, 0.15) is 39.5 Å². The van der Waals surface area contributed by atoms with Gasteiger partial charge in [0.2, 0.25) is 0 Å². The molecule has 4 fully saturated rings. The lowest BCUT2D eigenvalue weighted by atomic mass is 9.77. The molecule has 0 radical (unpaired) electrons. The first-order valence-electron chi connectivity index (χ1n) is 10.1. The molecule has 1 aliphatic carbocycles. The molecule has 4 aliphatic rings. The van der Waals surface area contributed by atoms with E-state index < -0.39 is 0 Å². The van der Waals surface area contributed by atoms with Gasteiger partial charge in [-0.3, -0.25) is 16.2 Å². The van der Waals surface area contributed by atoms with Crippen molar-refractivity contribution in [3.8, 4) is 0 Å². The quantitative estimate of drug-likeness (QED) is 0.492. The Morgan fingerprint density at radius 3 is 2.72 bits per heavy atom. The van der Waals surface area contributed by atoms with Crippen molar-refractivity contribution in [2.24, 2.45) is 5.92 Å². The molecule has 0 amide bonds. The molecular weight excluding hydrogens is 320 g/mol. The highest BCUT2D eigenvalue weighted by molar-refractivity contribution is 5.02. The van der Waals surface area contributed by atoms with Gasteiger partial charge in [0.25, 0.3) is 0 Å². The predicted octanol–water partition coefficient (Wildman–Crippen LogP) is 0.118. The van der Waals surface area contributed by atoms with Crippen molar-refractivity contribution in [1.82, 2.24) is 21.5 Å². The summed E-state index contributed by atoms with van der Waals surface area (Å²) in [5.41, 5.74) is 7.11. The predicted molar refractivity (Wildman–Crippen MR) is 95.1 cm³/mol. The molecule has 0 aromatic rings. The fraction of sp³-hybridized carbons (Fsp3) is 1.00. The molecule has 3 saturated heterocycles. The van der Waals surface area contributed by atoms with E-state index in [1.54, 1.807) is 0 Å². The van der Waals surface area contributed by atoms with Crippen LogP contribution in [0.25, 0.3) is 0 Å². The summed E-state index contributed by atoms with van der Waals surface area (Å²) in [5, 5.41) is 7.25. The molecule has 6 unspecified atom stereocenters. The Balaban J connectivity index is 1.48. The van der Waals surface area contributed by atoms with Gasteiger partial charge in [0.1, 0.15) is 6.23 Å². The van der Waals surface area contributed by atoms with Gasteiger partial charge < -0.3 is 19.5 Å². The molecule has 8 atom stereocenters. The maximum atomic E-state index is 6.35. The summed E-state index contributed by atoms with van der Waals surface area (Å²) >= 11 is 0. The molecule has 4 bridgehead atoms. The fourth-order valence-corrected chi connectivity index (χ4v) is 4.83. The average molecular weight is 354 g/mol. The molecule has 144 valence electrons. The highest BCUT2D eigenvalue weighted by atomic mass is 16.5. The van der Waals surface area contributed by atoms with E-state index >= 15 is 0 Å². The first-order chi connectivity index (χ1) is 12.2. The zero-order chi connectivity index (χ0) is 17.2. The van der Waals surface area contributed by atoms with Crippen molar-refractivity contribution >= 4 is 0 Å². The molecule has 0 aromatic heterocycles. The van der Waals surface area contributed by atoms with E-state index in [0.29, 0.717) is 36.8 Å². The van der Waals surface area contributed by atoms with Crippen LogP contribution < -0.4 is 21.5 Å². The van der Waals surface area contributed by atoms with Crippen LogP contribution in [-0.4, -0.2) is 69.0 Å². The Hall–Kier alpha value is -0.280. The molecular formula is C18H34N4O3. The van der Waals surface area contributed by atoms with Crippen LogP contribution in [0.3, 0.4) is 0 Å². The van der Waals surface area contributed by atoms with Gasteiger partial charge in [-0.05, 0) is 45.4 Å². The lowest BCUT2D eigenvalue weighted by Crippen LogP contribution is -2.64. The van der Waals surface area contributed by atoms with Crippen molar-refractivity contribution in [3.05, 3.63) is 0 Å². The van der Waals surface area contributed by atoms with E-state index in [0.717, 1.165) is 39.0 Å². The summed E-state index contributed by atoms with van der Waals surface area (Å²) < 4.78 is 18.3. The second-order valence-corrected chi connectivity index (χ2v) is 8.20. The molecule has 0 aromatic carbocycles. The van der Waals surface area contributed by atoms with E-state index in [2.05, 4.69) is 35.3 Å². The van der Waals surface area contributed by atoms with Crippen LogP contribution in [0.2, 0.25) is 0 Å². The smallest absolute Gasteiger partial charge is 0.121 e. The summed E-state index contributed by atoms with van der Waals surface area (Å²) in [7, 11) is 0. The monoisotopic (exact) mass is 354 g/mol. The van der Waals surface area contributed by atoms with Gasteiger partial charge in [-0.2, -0.15) is 0 Å². The van der Waals surface area contributed by atoms with Crippen molar-refractivity contribution in [2.45, 2.75) is 82.2 Å². The summed E-state index contributed by atoms with van der Waals surface area (Å²) in [6.07, 6.45) is 5.14. The van der Waals surface area contributed by atoms with Crippen molar-refractivity contribution in [1.29, 1.82) is 0 Å². The third-order valence-corrected chi connectivity index (χ3v) is 6.12. The minimum atomic E-state index is 0.0397. The van der Waals surface area contributed by atoms with Gasteiger partial charge >= 0.3 is 0 Å². The summed E-state index contributed by atoms with van der Waals surface area (Å²) in [4.78, 5) is 0. The van der Waals surface area contributed by atoms with Crippen LogP contribution >= 0.6 is 0 Å². The maximum absolute atomic E-state index is 6.35. The lowest BCUT2D eigenvalue weighted by Gasteiger charge is -2.40. The number of piperazine rings is 1. The van der Waals surface area contributed by atoms with Gasteiger partial charge in [0.15, 0.2) is 0 Å². The fourth-order valence-electron chi connectivity index (χ4n) is 4.83. The van der Waals surface area contributed by atoms with E-state index in [1.807, 2.05) is 0 Å². The van der Waals surface area contributed by atoms with Gasteiger partial charge in [-0.15, -0.1) is 0 Å². The summed E-state index contributed by atoms with van der Waals surface area (Å²) in [5.74, 6) is 0.600. The van der Waals surface area contributed by atoms with Gasteiger partial charge in [-0.25, -0.2) is 0 Å². The van der Waals surface area contributed by atoms with Crippen LogP contribution in [-0.2, 0) is 14.2 Å².